The van der Waals surface area contributed by atoms with E-state index >= 15 is 0 Å². The van der Waals surface area contributed by atoms with Crippen LogP contribution in [0, 0.1) is 0 Å². The lowest BCUT2D eigenvalue weighted by Crippen LogP contribution is -2.35. The van der Waals surface area contributed by atoms with Crippen molar-refractivity contribution in [2.75, 3.05) is 40.5 Å². The summed E-state index contributed by atoms with van der Waals surface area (Å²) in [6.45, 7) is 4.66. The Labute approximate surface area is 182 Å². The number of hydrogen-bond acceptors (Lipinski definition) is 7. The highest BCUT2D eigenvalue weighted by Gasteiger charge is 2.24. The molecule has 1 aromatic heterocycles. The van der Waals surface area contributed by atoms with Crippen molar-refractivity contribution in [3.8, 4) is 11.5 Å². The number of fused-ring (bicyclic) bond motifs is 1. The van der Waals surface area contributed by atoms with Crippen molar-refractivity contribution in [1.29, 1.82) is 0 Å². The van der Waals surface area contributed by atoms with E-state index in [4.69, 9.17) is 14.2 Å². The summed E-state index contributed by atoms with van der Waals surface area (Å²) in [6, 6.07) is 5.95. The molecule has 4 rings (SSSR count). The highest BCUT2D eigenvalue weighted by atomic mass is 16.5. The highest BCUT2D eigenvalue weighted by Crippen LogP contribution is 2.26. The van der Waals surface area contributed by atoms with Crippen LogP contribution < -0.4 is 14.8 Å². The Bertz CT molecular complexity index is 894. The van der Waals surface area contributed by atoms with Gasteiger partial charge in [-0.25, -0.2) is 0 Å². The molecule has 31 heavy (non-hydrogen) atoms. The Morgan fingerprint density at radius 1 is 1.23 bits per heavy atom. The lowest BCUT2D eigenvalue weighted by atomic mass is 10.1. The van der Waals surface area contributed by atoms with Gasteiger partial charge in [0.1, 0.15) is 29.3 Å². The van der Waals surface area contributed by atoms with Gasteiger partial charge in [-0.2, -0.15) is 0 Å². The number of nitrogens with one attached hydrogen (secondary N) is 1. The van der Waals surface area contributed by atoms with Crippen LogP contribution in [-0.4, -0.2) is 72.1 Å². The molecule has 168 valence electrons. The zero-order valence-corrected chi connectivity index (χ0v) is 18.3. The van der Waals surface area contributed by atoms with Crippen LogP contribution in [0.3, 0.4) is 0 Å². The van der Waals surface area contributed by atoms with E-state index in [2.05, 4.69) is 31.0 Å². The molecule has 1 saturated heterocycles. The van der Waals surface area contributed by atoms with Gasteiger partial charge in [0, 0.05) is 63.8 Å². The van der Waals surface area contributed by atoms with Crippen LogP contribution in [0.2, 0.25) is 0 Å². The molecule has 9 heteroatoms. The average molecular weight is 430 g/mol. The summed E-state index contributed by atoms with van der Waals surface area (Å²) < 4.78 is 18.5. The fourth-order valence-electron chi connectivity index (χ4n) is 4.19. The van der Waals surface area contributed by atoms with Crippen molar-refractivity contribution in [3.63, 3.8) is 0 Å². The van der Waals surface area contributed by atoms with Gasteiger partial charge in [-0.3, -0.25) is 9.69 Å². The monoisotopic (exact) mass is 429 g/mol. The number of nitrogens with zero attached hydrogens (tertiary/aromatic N) is 4. The normalized spacial score (nSPS) is 19.0. The van der Waals surface area contributed by atoms with Crippen molar-refractivity contribution in [1.82, 2.24) is 25.0 Å². The second-order valence-electron chi connectivity index (χ2n) is 7.93. The number of carbonyl (C=O) groups is 1. The Morgan fingerprint density at radius 3 is 2.90 bits per heavy atom. The standard InChI is InChI=1S/C22H31N5O4/c1-29-17-6-5-16(19(14-17)30-2)15-26-10-8-21-25-24-20(27(21)12-11-26)7-9-23-22(28)18-4-3-13-31-18/h5-6,14,18H,3-4,7-13,15H2,1-2H3,(H,23,28)/t18-/m0/s1. The van der Waals surface area contributed by atoms with Gasteiger partial charge in [-0.1, -0.05) is 6.07 Å². The van der Waals surface area contributed by atoms with Crippen LogP contribution in [0.4, 0.5) is 0 Å². The van der Waals surface area contributed by atoms with Gasteiger partial charge in [0.15, 0.2) is 0 Å². The summed E-state index contributed by atoms with van der Waals surface area (Å²) in [5.74, 6) is 3.54. The quantitative estimate of drug-likeness (QED) is 0.674. The molecular formula is C22H31N5O4. The van der Waals surface area contributed by atoms with Crippen LogP contribution in [0.15, 0.2) is 18.2 Å². The second-order valence-corrected chi connectivity index (χ2v) is 7.93. The molecule has 9 nitrogen and oxygen atoms in total. The summed E-state index contributed by atoms with van der Waals surface area (Å²) in [6.07, 6.45) is 2.97. The van der Waals surface area contributed by atoms with Crippen molar-refractivity contribution in [2.24, 2.45) is 0 Å². The molecule has 1 amide bonds. The molecule has 1 fully saturated rings. The summed E-state index contributed by atoms with van der Waals surface area (Å²) in [5.41, 5.74) is 1.14. The molecule has 0 bridgehead atoms. The third kappa shape index (κ3) is 5.16. The average Bonchev–Trinajstić information content (AvgIpc) is 3.42. The van der Waals surface area contributed by atoms with E-state index in [1.807, 2.05) is 12.1 Å². The number of rotatable bonds is 8. The minimum absolute atomic E-state index is 0.0206. The number of aromatic nitrogens is 3. The number of benzene rings is 1. The van der Waals surface area contributed by atoms with Gasteiger partial charge in [0.2, 0.25) is 5.91 Å². The van der Waals surface area contributed by atoms with E-state index < -0.39 is 0 Å². The topological polar surface area (TPSA) is 90.7 Å². The second kappa shape index (κ2) is 10.1. The molecule has 2 aliphatic rings. The van der Waals surface area contributed by atoms with E-state index in [1.54, 1.807) is 14.2 Å². The fraction of sp³-hybridized carbons (Fsp3) is 0.591. The van der Waals surface area contributed by atoms with Crippen molar-refractivity contribution < 1.29 is 19.0 Å². The van der Waals surface area contributed by atoms with Gasteiger partial charge in [0.25, 0.3) is 0 Å². The van der Waals surface area contributed by atoms with E-state index in [1.165, 1.54) is 0 Å². The lowest BCUT2D eigenvalue weighted by Gasteiger charge is -2.21. The molecule has 1 N–H and O–H groups in total. The van der Waals surface area contributed by atoms with E-state index in [0.717, 1.165) is 74.2 Å². The summed E-state index contributed by atoms with van der Waals surface area (Å²) in [5, 5.41) is 11.7. The molecule has 3 heterocycles. The summed E-state index contributed by atoms with van der Waals surface area (Å²) in [4.78, 5) is 14.5. The van der Waals surface area contributed by atoms with Crippen LogP contribution >= 0.6 is 0 Å². The van der Waals surface area contributed by atoms with Gasteiger partial charge >= 0.3 is 0 Å². The maximum Gasteiger partial charge on any atom is 0.249 e. The van der Waals surface area contributed by atoms with E-state index in [9.17, 15) is 4.79 Å². The van der Waals surface area contributed by atoms with Crippen LogP contribution in [-0.2, 0) is 35.5 Å². The lowest BCUT2D eigenvalue weighted by molar-refractivity contribution is -0.130. The predicted octanol–water partition coefficient (Wildman–Crippen LogP) is 1.19. The molecule has 0 unspecified atom stereocenters. The van der Waals surface area contributed by atoms with Crippen LogP contribution in [0.25, 0.3) is 0 Å². The number of ether oxygens (including phenoxy) is 3. The van der Waals surface area contributed by atoms with Crippen LogP contribution in [0.1, 0.15) is 30.1 Å². The maximum atomic E-state index is 12.1. The summed E-state index contributed by atoms with van der Waals surface area (Å²) >= 11 is 0. The van der Waals surface area contributed by atoms with E-state index in [-0.39, 0.29) is 12.0 Å². The van der Waals surface area contributed by atoms with Crippen molar-refractivity contribution in [2.45, 2.75) is 44.9 Å². The third-order valence-corrected chi connectivity index (χ3v) is 5.95. The minimum atomic E-state index is -0.293. The molecule has 0 radical (unpaired) electrons. The number of amides is 1. The third-order valence-electron chi connectivity index (χ3n) is 5.95. The molecule has 1 aromatic carbocycles. The SMILES string of the molecule is COc1ccc(CN2CCc3nnc(CCNC(=O)[C@@H]4CCCO4)n3CC2)c(OC)c1. The first-order valence-corrected chi connectivity index (χ1v) is 10.9. The number of carbonyl (C=O) groups excluding carboxylic acids is 1. The van der Waals surface area contributed by atoms with E-state index in [0.29, 0.717) is 19.6 Å². The first kappa shape index (κ1) is 21.6. The van der Waals surface area contributed by atoms with Gasteiger partial charge in [-0.05, 0) is 18.9 Å². The van der Waals surface area contributed by atoms with Crippen molar-refractivity contribution >= 4 is 5.91 Å². The van der Waals surface area contributed by atoms with Gasteiger partial charge in [-0.15, -0.1) is 10.2 Å². The molecule has 2 aromatic rings. The Balaban J connectivity index is 1.32. The first-order chi connectivity index (χ1) is 15.2. The number of hydrogen-bond donors (Lipinski definition) is 1. The van der Waals surface area contributed by atoms with Crippen molar-refractivity contribution in [3.05, 3.63) is 35.4 Å². The molecule has 1 atom stereocenters. The molecule has 2 aliphatic heterocycles. The number of methoxy groups -OCH3 is 2. The zero-order chi connectivity index (χ0) is 21.6. The highest BCUT2D eigenvalue weighted by molar-refractivity contribution is 5.80. The fourth-order valence-corrected chi connectivity index (χ4v) is 4.19. The smallest absolute Gasteiger partial charge is 0.249 e. The molecule has 0 spiro atoms. The largest absolute Gasteiger partial charge is 0.497 e. The first-order valence-electron chi connectivity index (χ1n) is 10.9. The van der Waals surface area contributed by atoms with Gasteiger partial charge in [0.05, 0.1) is 14.2 Å². The minimum Gasteiger partial charge on any atom is -0.497 e. The Morgan fingerprint density at radius 2 is 2.13 bits per heavy atom. The maximum absolute atomic E-state index is 12.1. The summed E-state index contributed by atoms with van der Waals surface area (Å²) in [7, 11) is 3.34. The van der Waals surface area contributed by atoms with Crippen LogP contribution in [0.5, 0.6) is 11.5 Å². The zero-order valence-electron chi connectivity index (χ0n) is 18.3. The molecule has 0 aliphatic carbocycles. The predicted molar refractivity (Wildman–Crippen MR) is 114 cm³/mol. The molecule has 0 saturated carbocycles. The Kier molecular flexibility index (Phi) is 7.03. The van der Waals surface area contributed by atoms with Gasteiger partial charge < -0.3 is 24.1 Å². The Hall–Kier alpha value is -2.65. The molecular weight excluding hydrogens is 398 g/mol.